The Morgan fingerprint density at radius 3 is 2.59 bits per heavy atom. The molecule has 0 heterocycles. The summed E-state index contributed by atoms with van der Waals surface area (Å²) in [6.07, 6.45) is 9.90. The van der Waals surface area contributed by atoms with Gasteiger partial charge >= 0.3 is 5.97 Å². The van der Waals surface area contributed by atoms with Gasteiger partial charge in [0.1, 0.15) is 0 Å². The van der Waals surface area contributed by atoms with Gasteiger partial charge in [-0.3, -0.25) is 4.79 Å². The molecule has 0 N–H and O–H groups in total. The van der Waals surface area contributed by atoms with Crippen LogP contribution in [-0.4, -0.2) is 19.7 Å². The SMILES string of the molecule is CCCCOC(=O)[C@H]1CC[C@H](/C=C/OC)CC1. The van der Waals surface area contributed by atoms with E-state index in [0.717, 1.165) is 38.5 Å². The van der Waals surface area contributed by atoms with E-state index < -0.39 is 0 Å². The van der Waals surface area contributed by atoms with Gasteiger partial charge in [0.15, 0.2) is 0 Å². The Bertz CT molecular complexity index is 240. The van der Waals surface area contributed by atoms with Crippen molar-refractivity contribution in [3.05, 3.63) is 12.3 Å². The summed E-state index contributed by atoms with van der Waals surface area (Å²) < 4.78 is 10.2. The predicted octanol–water partition coefficient (Wildman–Crippen LogP) is 3.30. The van der Waals surface area contributed by atoms with Gasteiger partial charge in [-0.05, 0) is 44.1 Å². The molecule has 1 aliphatic rings. The van der Waals surface area contributed by atoms with E-state index >= 15 is 0 Å². The third kappa shape index (κ3) is 5.24. The van der Waals surface area contributed by atoms with Crippen molar-refractivity contribution in [1.29, 1.82) is 0 Å². The fourth-order valence-electron chi connectivity index (χ4n) is 2.17. The Kier molecular flexibility index (Phi) is 6.75. The number of esters is 1. The fourth-order valence-corrected chi connectivity index (χ4v) is 2.17. The van der Waals surface area contributed by atoms with Crippen LogP contribution in [-0.2, 0) is 14.3 Å². The van der Waals surface area contributed by atoms with Gasteiger partial charge < -0.3 is 9.47 Å². The molecular formula is C14H24O3. The second-order valence-electron chi connectivity index (χ2n) is 4.70. The van der Waals surface area contributed by atoms with Gasteiger partial charge in [0.2, 0.25) is 0 Å². The molecule has 0 aromatic heterocycles. The molecule has 0 radical (unpaired) electrons. The first-order chi connectivity index (χ1) is 8.27. The lowest BCUT2D eigenvalue weighted by Gasteiger charge is -2.25. The lowest BCUT2D eigenvalue weighted by atomic mass is 9.82. The molecule has 0 saturated heterocycles. The van der Waals surface area contributed by atoms with E-state index in [-0.39, 0.29) is 11.9 Å². The summed E-state index contributed by atoms with van der Waals surface area (Å²) >= 11 is 0. The molecule has 1 aliphatic carbocycles. The highest BCUT2D eigenvalue weighted by molar-refractivity contribution is 5.72. The summed E-state index contributed by atoms with van der Waals surface area (Å²) in [6.45, 7) is 2.68. The van der Waals surface area contributed by atoms with Gasteiger partial charge in [0.25, 0.3) is 0 Å². The number of methoxy groups -OCH3 is 1. The molecule has 0 aromatic rings. The Hall–Kier alpha value is -0.990. The second kappa shape index (κ2) is 8.15. The molecule has 0 bridgehead atoms. The molecule has 0 unspecified atom stereocenters. The van der Waals surface area contributed by atoms with Gasteiger partial charge in [-0.2, -0.15) is 0 Å². The van der Waals surface area contributed by atoms with Crippen molar-refractivity contribution in [2.24, 2.45) is 11.8 Å². The van der Waals surface area contributed by atoms with Crippen LogP contribution in [0.15, 0.2) is 12.3 Å². The molecule has 1 fully saturated rings. The lowest BCUT2D eigenvalue weighted by Crippen LogP contribution is -2.23. The molecule has 1 rings (SSSR count). The van der Waals surface area contributed by atoms with Gasteiger partial charge in [-0.15, -0.1) is 0 Å². The van der Waals surface area contributed by atoms with Crippen molar-refractivity contribution < 1.29 is 14.3 Å². The smallest absolute Gasteiger partial charge is 0.308 e. The highest BCUT2D eigenvalue weighted by Crippen LogP contribution is 2.30. The largest absolute Gasteiger partial charge is 0.505 e. The van der Waals surface area contributed by atoms with Crippen LogP contribution in [0.1, 0.15) is 45.4 Å². The normalized spacial score (nSPS) is 24.8. The Labute approximate surface area is 104 Å². The van der Waals surface area contributed by atoms with Gasteiger partial charge in [-0.25, -0.2) is 0 Å². The minimum absolute atomic E-state index is 0.00706. The maximum Gasteiger partial charge on any atom is 0.308 e. The Balaban J connectivity index is 2.21. The van der Waals surface area contributed by atoms with Crippen LogP contribution in [0.3, 0.4) is 0 Å². The van der Waals surface area contributed by atoms with Crippen molar-refractivity contribution in [2.75, 3.05) is 13.7 Å². The van der Waals surface area contributed by atoms with Crippen LogP contribution in [0, 0.1) is 11.8 Å². The zero-order valence-corrected chi connectivity index (χ0v) is 11.0. The van der Waals surface area contributed by atoms with Crippen LogP contribution in [0.4, 0.5) is 0 Å². The zero-order chi connectivity index (χ0) is 12.5. The number of ether oxygens (including phenoxy) is 2. The molecule has 1 saturated carbocycles. The minimum atomic E-state index is 0.00706. The summed E-state index contributed by atoms with van der Waals surface area (Å²) in [5, 5.41) is 0. The monoisotopic (exact) mass is 240 g/mol. The van der Waals surface area contributed by atoms with E-state index in [1.165, 1.54) is 0 Å². The topological polar surface area (TPSA) is 35.5 Å². The van der Waals surface area contributed by atoms with E-state index in [2.05, 4.69) is 13.0 Å². The molecule has 0 aliphatic heterocycles. The van der Waals surface area contributed by atoms with Crippen molar-refractivity contribution in [2.45, 2.75) is 45.4 Å². The van der Waals surface area contributed by atoms with Crippen LogP contribution in [0.2, 0.25) is 0 Å². The average Bonchev–Trinajstić information content (AvgIpc) is 2.37. The van der Waals surface area contributed by atoms with Crippen LogP contribution >= 0.6 is 0 Å². The predicted molar refractivity (Wildman–Crippen MR) is 67.5 cm³/mol. The molecule has 0 aromatic carbocycles. The third-order valence-electron chi connectivity index (χ3n) is 3.33. The van der Waals surface area contributed by atoms with Crippen molar-refractivity contribution in [1.82, 2.24) is 0 Å². The van der Waals surface area contributed by atoms with E-state index in [4.69, 9.17) is 9.47 Å². The highest BCUT2D eigenvalue weighted by Gasteiger charge is 2.26. The molecule has 3 nitrogen and oxygen atoms in total. The van der Waals surface area contributed by atoms with Crippen molar-refractivity contribution >= 4 is 5.97 Å². The molecule has 3 heteroatoms. The standard InChI is InChI=1S/C14H24O3/c1-3-4-10-17-14(15)13-7-5-12(6-8-13)9-11-16-2/h9,11-13H,3-8,10H2,1-2H3/b11-9+/t12-,13-. The first-order valence-electron chi connectivity index (χ1n) is 6.64. The number of hydrogen-bond donors (Lipinski definition) is 0. The second-order valence-corrected chi connectivity index (χ2v) is 4.70. The minimum Gasteiger partial charge on any atom is -0.505 e. The molecule has 0 amide bonds. The highest BCUT2D eigenvalue weighted by atomic mass is 16.5. The van der Waals surface area contributed by atoms with E-state index in [1.54, 1.807) is 13.4 Å². The molecule has 0 atom stereocenters. The maximum atomic E-state index is 11.7. The summed E-state index contributed by atoms with van der Waals surface area (Å²) in [5.74, 6) is 0.696. The van der Waals surface area contributed by atoms with Crippen LogP contribution in [0.25, 0.3) is 0 Å². The number of allylic oxidation sites excluding steroid dienone is 1. The van der Waals surface area contributed by atoms with E-state index in [1.807, 2.05) is 0 Å². The Morgan fingerprint density at radius 2 is 2.00 bits per heavy atom. The van der Waals surface area contributed by atoms with Crippen LogP contribution in [0.5, 0.6) is 0 Å². The average molecular weight is 240 g/mol. The van der Waals surface area contributed by atoms with Gasteiger partial charge in [0, 0.05) is 0 Å². The lowest BCUT2D eigenvalue weighted by molar-refractivity contribution is -0.149. The first kappa shape index (κ1) is 14.1. The molecular weight excluding hydrogens is 216 g/mol. The number of rotatable bonds is 6. The summed E-state index contributed by atoms with van der Waals surface area (Å²) in [5.41, 5.74) is 0. The van der Waals surface area contributed by atoms with Gasteiger partial charge in [0.05, 0.1) is 25.9 Å². The Morgan fingerprint density at radius 1 is 1.29 bits per heavy atom. The molecule has 0 spiro atoms. The van der Waals surface area contributed by atoms with Gasteiger partial charge in [-0.1, -0.05) is 13.3 Å². The molecule has 98 valence electrons. The fraction of sp³-hybridized carbons (Fsp3) is 0.786. The number of carbonyl (C=O) groups is 1. The quantitative estimate of drug-likeness (QED) is 0.406. The van der Waals surface area contributed by atoms with Crippen LogP contribution < -0.4 is 0 Å². The maximum absolute atomic E-state index is 11.7. The summed E-state index contributed by atoms with van der Waals surface area (Å²) in [4.78, 5) is 11.7. The van der Waals surface area contributed by atoms with E-state index in [0.29, 0.717) is 12.5 Å². The number of carbonyl (C=O) groups excluding carboxylic acids is 1. The summed E-state index contributed by atoms with van der Waals surface area (Å²) in [6, 6.07) is 0. The van der Waals surface area contributed by atoms with Crippen molar-refractivity contribution in [3.8, 4) is 0 Å². The third-order valence-corrected chi connectivity index (χ3v) is 3.33. The number of hydrogen-bond acceptors (Lipinski definition) is 3. The van der Waals surface area contributed by atoms with Crippen molar-refractivity contribution in [3.63, 3.8) is 0 Å². The zero-order valence-electron chi connectivity index (χ0n) is 11.0. The molecule has 17 heavy (non-hydrogen) atoms. The van der Waals surface area contributed by atoms with E-state index in [9.17, 15) is 4.79 Å². The summed E-state index contributed by atoms with van der Waals surface area (Å²) in [7, 11) is 1.66. The number of unbranched alkanes of at least 4 members (excludes halogenated alkanes) is 1. The first-order valence-corrected chi connectivity index (χ1v) is 6.64.